The van der Waals surface area contributed by atoms with Crippen LogP contribution in [0.4, 0.5) is 0 Å². The molecule has 1 N–H and O–H groups in total. The Labute approximate surface area is 112 Å². The summed E-state index contributed by atoms with van der Waals surface area (Å²) in [4.78, 5) is 25.0. The van der Waals surface area contributed by atoms with Crippen LogP contribution in [0, 0.1) is 11.3 Å². The number of nitriles is 1. The van der Waals surface area contributed by atoms with E-state index in [4.69, 9.17) is 5.26 Å². The molecule has 0 saturated heterocycles. The van der Waals surface area contributed by atoms with Crippen LogP contribution in [0.25, 0.3) is 0 Å². The van der Waals surface area contributed by atoms with E-state index in [1.54, 1.807) is 25.2 Å². The summed E-state index contributed by atoms with van der Waals surface area (Å²) in [5.41, 5.74) is 0.824. The summed E-state index contributed by atoms with van der Waals surface area (Å²) >= 11 is 0. The summed E-state index contributed by atoms with van der Waals surface area (Å²) in [7, 11) is 1.56. The predicted octanol–water partition coefficient (Wildman–Crippen LogP) is 1.15. The molecule has 0 saturated carbocycles. The van der Waals surface area contributed by atoms with Gasteiger partial charge in [-0.25, -0.2) is 0 Å². The first kappa shape index (κ1) is 14.7. The Bertz CT molecular complexity index is 518. The Morgan fingerprint density at radius 3 is 2.68 bits per heavy atom. The maximum atomic E-state index is 12.1. The molecular formula is C14H17N3O2. The first-order valence-electron chi connectivity index (χ1n) is 5.99. The van der Waals surface area contributed by atoms with Crippen LogP contribution >= 0.6 is 0 Å². The molecule has 0 atom stereocenters. The van der Waals surface area contributed by atoms with Crippen LogP contribution in [0.15, 0.2) is 24.3 Å². The highest BCUT2D eigenvalue weighted by Crippen LogP contribution is 2.06. The number of benzene rings is 1. The van der Waals surface area contributed by atoms with Gasteiger partial charge in [-0.15, -0.1) is 0 Å². The number of likely N-dealkylation sites (N-methyl/N-ethyl adjacent to an activating group) is 1. The maximum absolute atomic E-state index is 12.1. The van der Waals surface area contributed by atoms with Crippen molar-refractivity contribution in [1.82, 2.24) is 10.2 Å². The quantitative estimate of drug-likeness (QED) is 0.881. The molecule has 1 aromatic carbocycles. The van der Waals surface area contributed by atoms with Crippen molar-refractivity contribution in [2.24, 2.45) is 0 Å². The molecule has 5 nitrogen and oxygen atoms in total. The summed E-state index contributed by atoms with van der Waals surface area (Å²) in [6.07, 6.45) is 0. The highest BCUT2D eigenvalue weighted by atomic mass is 16.2. The monoisotopic (exact) mass is 259 g/mol. The lowest BCUT2D eigenvalue weighted by molar-refractivity contribution is -0.122. The average molecular weight is 259 g/mol. The number of rotatable bonds is 4. The molecule has 0 heterocycles. The molecule has 2 amide bonds. The minimum atomic E-state index is -0.281. The van der Waals surface area contributed by atoms with Crippen LogP contribution in [0.5, 0.6) is 0 Å². The van der Waals surface area contributed by atoms with Crippen LogP contribution in [0.1, 0.15) is 29.8 Å². The van der Waals surface area contributed by atoms with E-state index in [1.165, 1.54) is 11.0 Å². The van der Waals surface area contributed by atoms with E-state index in [1.807, 2.05) is 19.9 Å². The SMILES string of the molecule is CC(C)NC(=O)CN(C)C(=O)c1cccc(C#N)c1. The molecule has 0 fully saturated rings. The predicted molar refractivity (Wildman–Crippen MR) is 71.4 cm³/mol. The summed E-state index contributed by atoms with van der Waals surface area (Å²) in [5, 5.41) is 11.5. The Morgan fingerprint density at radius 2 is 2.11 bits per heavy atom. The lowest BCUT2D eigenvalue weighted by Crippen LogP contribution is -2.40. The lowest BCUT2D eigenvalue weighted by Gasteiger charge is -2.18. The van der Waals surface area contributed by atoms with Crippen molar-refractivity contribution in [3.05, 3.63) is 35.4 Å². The van der Waals surface area contributed by atoms with Crippen molar-refractivity contribution in [3.8, 4) is 6.07 Å². The summed E-state index contributed by atoms with van der Waals surface area (Å²) in [5.74, 6) is -0.488. The smallest absolute Gasteiger partial charge is 0.254 e. The van der Waals surface area contributed by atoms with E-state index in [0.29, 0.717) is 11.1 Å². The Morgan fingerprint density at radius 1 is 1.42 bits per heavy atom. The van der Waals surface area contributed by atoms with Crippen LogP contribution in [0.2, 0.25) is 0 Å². The highest BCUT2D eigenvalue weighted by molar-refractivity contribution is 5.96. The first-order valence-corrected chi connectivity index (χ1v) is 5.99. The topological polar surface area (TPSA) is 73.2 Å². The van der Waals surface area contributed by atoms with Crippen molar-refractivity contribution in [3.63, 3.8) is 0 Å². The lowest BCUT2D eigenvalue weighted by atomic mass is 10.1. The standard InChI is InChI=1S/C14H17N3O2/c1-10(2)16-13(18)9-17(3)14(19)12-6-4-5-11(7-12)8-15/h4-7,10H,9H2,1-3H3,(H,16,18). The third-order valence-corrected chi connectivity index (χ3v) is 2.42. The van der Waals surface area contributed by atoms with Crippen LogP contribution in [-0.4, -0.2) is 36.3 Å². The Hall–Kier alpha value is -2.35. The second-order valence-corrected chi connectivity index (χ2v) is 4.58. The average Bonchev–Trinajstić information content (AvgIpc) is 2.36. The van der Waals surface area contributed by atoms with Gasteiger partial charge in [0.05, 0.1) is 18.2 Å². The number of nitrogens with zero attached hydrogens (tertiary/aromatic N) is 2. The van der Waals surface area contributed by atoms with E-state index in [2.05, 4.69) is 5.32 Å². The number of carbonyl (C=O) groups excluding carboxylic acids is 2. The molecule has 0 aliphatic carbocycles. The molecule has 0 spiro atoms. The number of hydrogen-bond acceptors (Lipinski definition) is 3. The van der Waals surface area contributed by atoms with E-state index in [9.17, 15) is 9.59 Å². The molecule has 19 heavy (non-hydrogen) atoms. The van der Waals surface area contributed by atoms with Gasteiger partial charge in [-0.1, -0.05) is 6.07 Å². The molecule has 0 radical (unpaired) electrons. The molecule has 0 unspecified atom stereocenters. The minimum Gasteiger partial charge on any atom is -0.352 e. The van der Waals surface area contributed by atoms with Crippen molar-refractivity contribution in [2.45, 2.75) is 19.9 Å². The summed E-state index contributed by atoms with van der Waals surface area (Å²) in [6, 6.07) is 8.43. The van der Waals surface area contributed by atoms with Gasteiger partial charge in [-0.2, -0.15) is 5.26 Å². The van der Waals surface area contributed by atoms with Crippen molar-refractivity contribution < 1.29 is 9.59 Å². The van der Waals surface area contributed by atoms with Gasteiger partial charge in [0.2, 0.25) is 5.91 Å². The Balaban J connectivity index is 2.71. The van der Waals surface area contributed by atoms with Crippen LogP contribution in [-0.2, 0) is 4.79 Å². The van der Waals surface area contributed by atoms with Gasteiger partial charge in [0.1, 0.15) is 0 Å². The summed E-state index contributed by atoms with van der Waals surface area (Å²) < 4.78 is 0. The van der Waals surface area contributed by atoms with Crippen molar-refractivity contribution in [2.75, 3.05) is 13.6 Å². The second kappa shape index (κ2) is 6.55. The zero-order valence-corrected chi connectivity index (χ0v) is 11.3. The fraction of sp³-hybridized carbons (Fsp3) is 0.357. The fourth-order valence-corrected chi connectivity index (χ4v) is 1.60. The normalized spacial score (nSPS) is 9.84. The minimum absolute atomic E-state index is 0.00616. The maximum Gasteiger partial charge on any atom is 0.254 e. The summed E-state index contributed by atoms with van der Waals surface area (Å²) in [6.45, 7) is 3.71. The molecule has 0 aliphatic rings. The van der Waals surface area contributed by atoms with Gasteiger partial charge in [-0.3, -0.25) is 9.59 Å². The van der Waals surface area contributed by atoms with Gasteiger partial charge in [-0.05, 0) is 32.0 Å². The zero-order valence-electron chi connectivity index (χ0n) is 11.3. The van der Waals surface area contributed by atoms with Gasteiger partial charge < -0.3 is 10.2 Å². The molecule has 1 rings (SSSR count). The van der Waals surface area contributed by atoms with E-state index in [-0.39, 0.29) is 24.4 Å². The zero-order chi connectivity index (χ0) is 14.4. The molecule has 5 heteroatoms. The number of carbonyl (C=O) groups is 2. The van der Waals surface area contributed by atoms with Crippen molar-refractivity contribution >= 4 is 11.8 Å². The molecule has 100 valence electrons. The van der Waals surface area contributed by atoms with E-state index >= 15 is 0 Å². The van der Waals surface area contributed by atoms with Gasteiger partial charge in [0.25, 0.3) is 5.91 Å². The third kappa shape index (κ3) is 4.43. The number of nitrogens with one attached hydrogen (secondary N) is 1. The van der Waals surface area contributed by atoms with Crippen LogP contribution in [0.3, 0.4) is 0 Å². The molecule has 1 aromatic rings. The second-order valence-electron chi connectivity index (χ2n) is 4.58. The van der Waals surface area contributed by atoms with E-state index < -0.39 is 0 Å². The fourth-order valence-electron chi connectivity index (χ4n) is 1.60. The molecule has 0 aliphatic heterocycles. The van der Waals surface area contributed by atoms with E-state index in [0.717, 1.165) is 0 Å². The molecule has 0 bridgehead atoms. The van der Waals surface area contributed by atoms with Gasteiger partial charge in [0, 0.05) is 18.7 Å². The molecular weight excluding hydrogens is 242 g/mol. The number of amides is 2. The first-order chi connectivity index (χ1) is 8.93. The molecule has 0 aromatic heterocycles. The third-order valence-electron chi connectivity index (χ3n) is 2.42. The highest BCUT2D eigenvalue weighted by Gasteiger charge is 2.15. The van der Waals surface area contributed by atoms with Gasteiger partial charge >= 0.3 is 0 Å². The van der Waals surface area contributed by atoms with Crippen molar-refractivity contribution in [1.29, 1.82) is 5.26 Å². The largest absolute Gasteiger partial charge is 0.352 e. The van der Waals surface area contributed by atoms with Gasteiger partial charge in [0.15, 0.2) is 0 Å². The van der Waals surface area contributed by atoms with Crippen LogP contribution < -0.4 is 5.32 Å². The number of hydrogen-bond donors (Lipinski definition) is 1. The Kier molecular flexibility index (Phi) is 5.07.